The van der Waals surface area contributed by atoms with Gasteiger partial charge in [-0.25, -0.2) is 0 Å². The Kier molecular flexibility index (Phi) is 6.06. The number of hydrogen-bond donors (Lipinski definition) is 1. The summed E-state index contributed by atoms with van der Waals surface area (Å²) < 4.78 is 5.54. The molecule has 0 radical (unpaired) electrons. The molecule has 0 saturated carbocycles. The molecule has 0 spiro atoms. The molecular weight excluding hydrogens is 212 g/mol. The molecular formula is C15H24O2. The molecule has 0 aromatic heterocycles. The molecule has 1 aromatic rings. The van der Waals surface area contributed by atoms with E-state index in [1.54, 1.807) is 0 Å². The quantitative estimate of drug-likeness (QED) is 0.786. The number of benzene rings is 1. The van der Waals surface area contributed by atoms with Crippen LogP contribution in [-0.2, 0) is 6.42 Å². The van der Waals surface area contributed by atoms with Gasteiger partial charge in [0.1, 0.15) is 12.4 Å². The molecule has 0 heterocycles. The highest BCUT2D eigenvalue weighted by Gasteiger charge is 2.09. The van der Waals surface area contributed by atoms with Gasteiger partial charge in [0.25, 0.3) is 0 Å². The molecule has 0 amide bonds. The third-order valence-corrected chi connectivity index (χ3v) is 2.93. The maximum Gasteiger partial charge on any atom is 0.119 e. The fourth-order valence-electron chi connectivity index (χ4n) is 1.51. The molecule has 17 heavy (non-hydrogen) atoms. The van der Waals surface area contributed by atoms with Gasteiger partial charge in [0, 0.05) is 0 Å². The minimum atomic E-state index is -0.394. The minimum Gasteiger partial charge on any atom is -0.491 e. The van der Waals surface area contributed by atoms with Crippen LogP contribution in [0.3, 0.4) is 0 Å². The van der Waals surface area contributed by atoms with Crippen molar-refractivity contribution in [2.24, 2.45) is 5.92 Å². The van der Waals surface area contributed by atoms with Crippen molar-refractivity contribution in [2.45, 2.75) is 46.1 Å². The van der Waals surface area contributed by atoms with Crippen molar-refractivity contribution in [3.05, 3.63) is 29.8 Å². The first-order valence-electron chi connectivity index (χ1n) is 6.53. The third kappa shape index (κ3) is 5.22. The van der Waals surface area contributed by atoms with E-state index in [2.05, 4.69) is 19.1 Å². The summed E-state index contributed by atoms with van der Waals surface area (Å²) >= 11 is 0. The van der Waals surface area contributed by atoms with Crippen LogP contribution in [0.15, 0.2) is 24.3 Å². The smallest absolute Gasteiger partial charge is 0.119 e. The van der Waals surface area contributed by atoms with E-state index in [0.717, 1.165) is 12.2 Å². The van der Waals surface area contributed by atoms with Crippen molar-refractivity contribution in [3.63, 3.8) is 0 Å². The van der Waals surface area contributed by atoms with E-state index >= 15 is 0 Å². The van der Waals surface area contributed by atoms with Crippen molar-refractivity contribution in [2.75, 3.05) is 6.61 Å². The maximum atomic E-state index is 9.63. The van der Waals surface area contributed by atoms with Crippen LogP contribution < -0.4 is 4.74 Å². The molecule has 1 atom stereocenters. The van der Waals surface area contributed by atoms with Gasteiger partial charge in [0.15, 0.2) is 0 Å². The van der Waals surface area contributed by atoms with Crippen LogP contribution in [0, 0.1) is 5.92 Å². The van der Waals surface area contributed by atoms with Gasteiger partial charge in [-0.2, -0.15) is 0 Å². The monoisotopic (exact) mass is 236 g/mol. The number of rotatable bonds is 7. The van der Waals surface area contributed by atoms with Gasteiger partial charge in [-0.3, -0.25) is 0 Å². The first-order valence-corrected chi connectivity index (χ1v) is 6.53. The molecule has 0 bridgehead atoms. The van der Waals surface area contributed by atoms with Gasteiger partial charge < -0.3 is 9.84 Å². The molecule has 0 aliphatic rings. The lowest BCUT2D eigenvalue weighted by atomic mass is 10.1. The molecule has 2 heteroatoms. The predicted octanol–water partition coefficient (Wildman–Crippen LogP) is 3.42. The second-order valence-corrected chi connectivity index (χ2v) is 4.87. The number of aliphatic hydroxyl groups excluding tert-OH is 1. The summed E-state index contributed by atoms with van der Waals surface area (Å²) in [6.45, 7) is 6.54. The molecule has 0 fully saturated rings. The van der Waals surface area contributed by atoms with Crippen LogP contribution in [0.4, 0.5) is 0 Å². The van der Waals surface area contributed by atoms with Gasteiger partial charge in [-0.05, 0) is 36.5 Å². The van der Waals surface area contributed by atoms with Crippen LogP contribution in [-0.4, -0.2) is 17.8 Å². The Morgan fingerprint density at radius 2 is 1.82 bits per heavy atom. The van der Waals surface area contributed by atoms with Gasteiger partial charge in [-0.1, -0.05) is 39.3 Å². The SMILES string of the molecule is CCCCc1ccc(OCC(O)C(C)C)cc1. The zero-order valence-electron chi connectivity index (χ0n) is 11.1. The molecule has 0 aliphatic heterocycles. The van der Waals surface area contributed by atoms with E-state index in [9.17, 15) is 5.11 Å². The summed E-state index contributed by atoms with van der Waals surface area (Å²) in [5, 5.41) is 9.63. The molecule has 1 N–H and O–H groups in total. The minimum absolute atomic E-state index is 0.235. The van der Waals surface area contributed by atoms with Crippen LogP contribution in [0.5, 0.6) is 5.75 Å². The number of aryl methyl sites for hydroxylation is 1. The Balaban J connectivity index is 2.40. The number of hydrogen-bond acceptors (Lipinski definition) is 2. The highest BCUT2D eigenvalue weighted by atomic mass is 16.5. The van der Waals surface area contributed by atoms with Crippen LogP contribution in [0.2, 0.25) is 0 Å². The van der Waals surface area contributed by atoms with Crippen molar-refractivity contribution < 1.29 is 9.84 Å². The third-order valence-electron chi connectivity index (χ3n) is 2.93. The molecule has 1 aromatic carbocycles. The van der Waals surface area contributed by atoms with Crippen molar-refractivity contribution in [1.29, 1.82) is 0 Å². The zero-order chi connectivity index (χ0) is 12.7. The van der Waals surface area contributed by atoms with E-state index in [1.807, 2.05) is 26.0 Å². The van der Waals surface area contributed by atoms with E-state index in [-0.39, 0.29) is 5.92 Å². The first kappa shape index (κ1) is 14.0. The van der Waals surface area contributed by atoms with E-state index < -0.39 is 6.10 Å². The number of aliphatic hydroxyl groups is 1. The second-order valence-electron chi connectivity index (χ2n) is 4.87. The average molecular weight is 236 g/mol. The zero-order valence-corrected chi connectivity index (χ0v) is 11.1. The van der Waals surface area contributed by atoms with Crippen molar-refractivity contribution >= 4 is 0 Å². The van der Waals surface area contributed by atoms with Crippen molar-refractivity contribution in [3.8, 4) is 5.75 Å². The summed E-state index contributed by atoms with van der Waals surface area (Å²) in [4.78, 5) is 0. The summed E-state index contributed by atoms with van der Waals surface area (Å²) in [6, 6.07) is 8.18. The van der Waals surface area contributed by atoms with E-state index in [4.69, 9.17) is 4.74 Å². The van der Waals surface area contributed by atoms with Gasteiger partial charge >= 0.3 is 0 Å². The van der Waals surface area contributed by atoms with E-state index in [0.29, 0.717) is 6.61 Å². The van der Waals surface area contributed by atoms with E-state index in [1.165, 1.54) is 18.4 Å². The van der Waals surface area contributed by atoms with Crippen LogP contribution >= 0.6 is 0 Å². The topological polar surface area (TPSA) is 29.5 Å². The molecule has 0 saturated heterocycles. The number of unbranched alkanes of at least 4 members (excludes halogenated alkanes) is 1. The molecule has 1 rings (SSSR count). The Morgan fingerprint density at radius 1 is 1.18 bits per heavy atom. The first-order chi connectivity index (χ1) is 8.13. The normalized spacial score (nSPS) is 12.8. The summed E-state index contributed by atoms with van der Waals surface area (Å²) in [7, 11) is 0. The number of ether oxygens (including phenoxy) is 1. The molecule has 2 nitrogen and oxygen atoms in total. The maximum absolute atomic E-state index is 9.63. The Labute approximate surface area is 105 Å². The standard InChI is InChI=1S/C15H24O2/c1-4-5-6-13-7-9-14(10-8-13)17-11-15(16)12(2)3/h7-10,12,15-16H,4-6,11H2,1-3H3. The lowest BCUT2D eigenvalue weighted by molar-refractivity contribution is 0.0701. The van der Waals surface area contributed by atoms with Gasteiger partial charge in [0.2, 0.25) is 0 Å². The molecule has 1 unspecified atom stereocenters. The highest BCUT2D eigenvalue weighted by Crippen LogP contribution is 2.15. The lowest BCUT2D eigenvalue weighted by Gasteiger charge is -2.15. The summed E-state index contributed by atoms with van der Waals surface area (Å²) in [6.07, 6.45) is 3.19. The second kappa shape index (κ2) is 7.33. The van der Waals surface area contributed by atoms with Crippen molar-refractivity contribution in [1.82, 2.24) is 0 Å². The highest BCUT2D eigenvalue weighted by molar-refractivity contribution is 5.27. The molecule has 96 valence electrons. The Hall–Kier alpha value is -1.02. The van der Waals surface area contributed by atoms with Gasteiger partial charge in [-0.15, -0.1) is 0 Å². The predicted molar refractivity (Wildman–Crippen MR) is 71.4 cm³/mol. The largest absolute Gasteiger partial charge is 0.491 e. The van der Waals surface area contributed by atoms with Gasteiger partial charge in [0.05, 0.1) is 6.10 Å². The summed E-state index contributed by atoms with van der Waals surface area (Å²) in [5.74, 6) is 1.07. The Bertz CT molecular complexity index is 303. The van der Waals surface area contributed by atoms with Crippen LogP contribution in [0.25, 0.3) is 0 Å². The fourth-order valence-corrected chi connectivity index (χ4v) is 1.51. The Morgan fingerprint density at radius 3 is 2.35 bits per heavy atom. The lowest BCUT2D eigenvalue weighted by Crippen LogP contribution is -2.23. The molecule has 0 aliphatic carbocycles. The average Bonchev–Trinajstić information content (AvgIpc) is 2.34. The van der Waals surface area contributed by atoms with Crippen LogP contribution in [0.1, 0.15) is 39.2 Å². The fraction of sp³-hybridized carbons (Fsp3) is 0.600. The summed E-state index contributed by atoms with van der Waals surface area (Å²) in [5.41, 5.74) is 1.35.